The molecule has 0 spiro atoms. The summed E-state index contributed by atoms with van der Waals surface area (Å²) in [6.07, 6.45) is 6.68. The molecular weight excluding hydrogens is 370 g/mol. The quantitative estimate of drug-likeness (QED) is 0.513. The lowest BCUT2D eigenvalue weighted by atomic mass is 10.1. The fourth-order valence-electron chi connectivity index (χ4n) is 3.07. The van der Waals surface area contributed by atoms with Gasteiger partial charge in [-0.25, -0.2) is 14.6 Å². The van der Waals surface area contributed by atoms with Crippen molar-refractivity contribution in [2.45, 2.75) is 33.1 Å². The van der Waals surface area contributed by atoms with Crippen molar-refractivity contribution < 1.29 is 4.79 Å². The number of fused-ring (bicyclic) bond motifs is 1. The van der Waals surface area contributed by atoms with Gasteiger partial charge in [-0.15, -0.1) is 0 Å². The maximum atomic E-state index is 12.7. The third kappa shape index (κ3) is 3.66. The molecule has 0 atom stereocenters. The Balaban J connectivity index is 1.54. The molecule has 1 amide bonds. The molecule has 1 aromatic carbocycles. The molecule has 4 aromatic rings. The average molecular weight is 392 g/mol. The van der Waals surface area contributed by atoms with E-state index in [0.29, 0.717) is 16.5 Å². The zero-order chi connectivity index (χ0) is 19.5. The zero-order valence-electron chi connectivity index (χ0n) is 15.8. The summed E-state index contributed by atoms with van der Waals surface area (Å²) in [5, 5.41) is 7.81. The number of benzene rings is 1. The van der Waals surface area contributed by atoms with E-state index in [0.717, 1.165) is 22.3 Å². The molecule has 0 aliphatic rings. The van der Waals surface area contributed by atoms with Crippen LogP contribution in [-0.4, -0.2) is 25.7 Å². The van der Waals surface area contributed by atoms with Crippen molar-refractivity contribution in [3.8, 4) is 5.82 Å². The number of anilines is 1. The molecule has 0 unspecified atom stereocenters. The summed E-state index contributed by atoms with van der Waals surface area (Å²) >= 11 is 1.49. The third-order valence-electron chi connectivity index (χ3n) is 4.61. The second-order valence-corrected chi connectivity index (χ2v) is 7.65. The number of aromatic nitrogens is 4. The minimum Gasteiger partial charge on any atom is -0.298 e. The first kappa shape index (κ1) is 18.3. The first-order valence-electron chi connectivity index (χ1n) is 9.32. The smallest absolute Gasteiger partial charge is 0.260 e. The summed E-state index contributed by atoms with van der Waals surface area (Å²) in [4.78, 5) is 21.6. The van der Waals surface area contributed by atoms with Gasteiger partial charge < -0.3 is 0 Å². The Morgan fingerprint density at radius 2 is 2.14 bits per heavy atom. The molecule has 0 fully saturated rings. The minimum absolute atomic E-state index is 0.218. The molecule has 142 valence electrons. The van der Waals surface area contributed by atoms with Crippen LogP contribution in [0.1, 0.15) is 41.4 Å². The van der Waals surface area contributed by atoms with Gasteiger partial charge in [0, 0.05) is 6.20 Å². The number of pyridine rings is 1. The highest BCUT2D eigenvalue weighted by Crippen LogP contribution is 2.28. The third-order valence-corrected chi connectivity index (χ3v) is 5.55. The number of unbranched alkanes of at least 4 members (excludes halogenated alkanes) is 1. The lowest BCUT2D eigenvalue weighted by Gasteiger charge is -2.04. The van der Waals surface area contributed by atoms with Gasteiger partial charge in [0.2, 0.25) is 0 Å². The molecule has 6 nitrogen and oxygen atoms in total. The summed E-state index contributed by atoms with van der Waals surface area (Å²) in [5.74, 6) is 0.462. The van der Waals surface area contributed by atoms with Crippen LogP contribution in [0.4, 0.5) is 5.13 Å². The van der Waals surface area contributed by atoms with E-state index in [-0.39, 0.29) is 5.91 Å². The van der Waals surface area contributed by atoms with Crippen LogP contribution >= 0.6 is 11.3 Å². The minimum atomic E-state index is -0.218. The monoisotopic (exact) mass is 391 g/mol. The van der Waals surface area contributed by atoms with E-state index in [4.69, 9.17) is 0 Å². The Hall–Kier alpha value is -3.06. The Labute approximate surface area is 167 Å². The van der Waals surface area contributed by atoms with Crippen LogP contribution in [-0.2, 0) is 6.42 Å². The molecule has 28 heavy (non-hydrogen) atoms. The van der Waals surface area contributed by atoms with Crippen LogP contribution in [0.2, 0.25) is 0 Å². The fourth-order valence-corrected chi connectivity index (χ4v) is 3.99. The summed E-state index contributed by atoms with van der Waals surface area (Å²) in [5.41, 5.74) is 3.46. The molecule has 0 saturated heterocycles. The van der Waals surface area contributed by atoms with E-state index in [2.05, 4.69) is 39.4 Å². The molecule has 0 bridgehead atoms. The van der Waals surface area contributed by atoms with Crippen LogP contribution in [0.5, 0.6) is 0 Å². The largest absolute Gasteiger partial charge is 0.298 e. The summed E-state index contributed by atoms with van der Waals surface area (Å²) < 4.78 is 2.75. The second kappa shape index (κ2) is 7.90. The van der Waals surface area contributed by atoms with Crippen molar-refractivity contribution in [3.63, 3.8) is 0 Å². The van der Waals surface area contributed by atoms with Gasteiger partial charge in [0.05, 0.1) is 27.7 Å². The predicted molar refractivity (Wildman–Crippen MR) is 112 cm³/mol. The van der Waals surface area contributed by atoms with Crippen molar-refractivity contribution in [2.75, 3.05) is 5.32 Å². The van der Waals surface area contributed by atoms with E-state index < -0.39 is 0 Å². The van der Waals surface area contributed by atoms with Gasteiger partial charge in [0.25, 0.3) is 5.91 Å². The van der Waals surface area contributed by atoms with E-state index in [1.165, 1.54) is 29.7 Å². The number of hydrogen-bond acceptors (Lipinski definition) is 5. The van der Waals surface area contributed by atoms with E-state index in [1.54, 1.807) is 17.1 Å². The standard InChI is InChI=1S/C21H21N5OS/c1-3-4-7-15-9-10-17-18(12-15)28-21(24-17)25-20(27)16-13-23-26(14(16)2)19-8-5-6-11-22-19/h5-6,8-13H,3-4,7H2,1-2H3,(H,24,25,27). The molecule has 0 saturated carbocycles. The van der Waals surface area contributed by atoms with Gasteiger partial charge in [-0.1, -0.05) is 36.8 Å². The number of rotatable bonds is 6. The lowest BCUT2D eigenvalue weighted by Crippen LogP contribution is -2.13. The summed E-state index contributed by atoms with van der Waals surface area (Å²) in [7, 11) is 0. The number of carbonyl (C=O) groups is 1. The number of hydrogen-bond donors (Lipinski definition) is 1. The number of nitrogens with one attached hydrogen (secondary N) is 1. The van der Waals surface area contributed by atoms with Crippen molar-refractivity contribution in [2.24, 2.45) is 0 Å². The molecule has 0 aliphatic carbocycles. The lowest BCUT2D eigenvalue weighted by molar-refractivity contribution is 0.102. The van der Waals surface area contributed by atoms with Crippen molar-refractivity contribution >= 4 is 32.6 Å². The average Bonchev–Trinajstić information content (AvgIpc) is 3.29. The van der Waals surface area contributed by atoms with Gasteiger partial charge in [0.15, 0.2) is 10.9 Å². The second-order valence-electron chi connectivity index (χ2n) is 6.62. The predicted octanol–water partition coefficient (Wildman–Crippen LogP) is 4.78. The van der Waals surface area contributed by atoms with Gasteiger partial charge >= 0.3 is 0 Å². The molecule has 3 heterocycles. The van der Waals surface area contributed by atoms with E-state index >= 15 is 0 Å². The molecule has 0 radical (unpaired) electrons. The molecule has 3 aromatic heterocycles. The van der Waals surface area contributed by atoms with Crippen LogP contribution in [0.15, 0.2) is 48.8 Å². The number of thiazole rings is 1. The van der Waals surface area contributed by atoms with Crippen LogP contribution in [0.25, 0.3) is 16.0 Å². The highest BCUT2D eigenvalue weighted by atomic mass is 32.1. The van der Waals surface area contributed by atoms with Gasteiger partial charge in [0.1, 0.15) is 0 Å². The van der Waals surface area contributed by atoms with Crippen LogP contribution < -0.4 is 5.32 Å². The first-order chi connectivity index (χ1) is 13.7. The maximum absolute atomic E-state index is 12.7. The van der Waals surface area contributed by atoms with Crippen molar-refractivity contribution in [3.05, 3.63) is 65.6 Å². The number of nitrogens with zero attached hydrogens (tertiary/aromatic N) is 4. The normalized spacial score (nSPS) is 11.1. The Kier molecular flexibility index (Phi) is 5.16. The molecule has 7 heteroatoms. The molecule has 4 rings (SSSR count). The van der Waals surface area contributed by atoms with Gasteiger partial charge in [-0.3, -0.25) is 10.1 Å². The number of amides is 1. The molecule has 1 N–H and O–H groups in total. The topological polar surface area (TPSA) is 72.7 Å². The van der Waals surface area contributed by atoms with Gasteiger partial charge in [-0.2, -0.15) is 5.10 Å². The van der Waals surface area contributed by atoms with Crippen LogP contribution in [0.3, 0.4) is 0 Å². The van der Waals surface area contributed by atoms with Crippen molar-refractivity contribution in [1.29, 1.82) is 0 Å². The summed E-state index contributed by atoms with van der Waals surface area (Å²) in [6.45, 7) is 4.05. The highest BCUT2D eigenvalue weighted by Gasteiger charge is 2.17. The van der Waals surface area contributed by atoms with Gasteiger partial charge in [-0.05, 0) is 49.6 Å². The zero-order valence-corrected chi connectivity index (χ0v) is 16.7. The number of aryl methyl sites for hydroxylation is 1. The Bertz CT molecular complexity index is 1120. The summed E-state index contributed by atoms with van der Waals surface area (Å²) in [6, 6.07) is 11.9. The van der Waals surface area contributed by atoms with Crippen LogP contribution in [0, 0.1) is 6.92 Å². The Morgan fingerprint density at radius 3 is 2.93 bits per heavy atom. The SMILES string of the molecule is CCCCc1ccc2nc(NC(=O)c3cnn(-c4ccccn4)c3C)sc2c1. The fraction of sp³-hybridized carbons (Fsp3) is 0.238. The Morgan fingerprint density at radius 1 is 1.25 bits per heavy atom. The first-order valence-corrected chi connectivity index (χ1v) is 10.1. The van der Waals surface area contributed by atoms with E-state index in [9.17, 15) is 4.79 Å². The molecule has 0 aliphatic heterocycles. The maximum Gasteiger partial charge on any atom is 0.260 e. The molecular formula is C21H21N5OS. The van der Waals surface area contributed by atoms with Crippen molar-refractivity contribution in [1.82, 2.24) is 19.7 Å². The highest BCUT2D eigenvalue weighted by molar-refractivity contribution is 7.22. The number of carbonyl (C=O) groups excluding carboxylic acids is 1. The van der Waals surface area contributed by atoms with E-state index in [1.807, 2.05) is 31.2 Å².